The Bertz CT molecular complexity index is 775. The molecule has 0 unspecified atom stereocenters. The van der Waals surface area contributed by atoms with E-state index in [4.69, 9.17) is 4.74 Å². The molecule has 0 saturated heterocycles. The largest absolute Gasteiger partial charge is 0.391 e. The van der Waals surface area contributed by atoms with Crippen LogP contribution >= 0.6 is 0 Å². The van der Waals surface area contributed by atoms with Crippen molar-refractivity contribution in [3.8, 4) is 0 Å². The van der Waals surface area contributed by atoms with E-state index >= 15 is 0 Å². The summed E-state index contributed by atoms with van der Waals surface area (Å²) in [5, 5.41) is 0.743. The number of anilines is 1. The van der Waals surface area contributed by atoms with Gasteiger partial charge < -0.3 is 9.64 Å². The molecule has 2 aromatic heterocycles. The van der Waals surface area contributed by atoms with E-state index in [0.717, 1.165) is 11.1 Å². The molecule has 0 bridgehead atoms. The number of alkyl halides is 3. The van der Waals surface area contributed by atoms with E-state index in [1.165, 1.54) is 0 Å². The highest BCUT2D eigenvalue weighted by atomic mass is 19.4. The zero-order valence-electron chi connectivity index (χ0n) is 15.2. The predicted molar refractivity (Wildman–Crippen MR) is 93.4 cm³/mol. The number of hydrogen-bond donors (Lipinski definition) is 0. The van der Waals surface area contributed by atoms with Crippen LogP contribution in [0.3, 0.4) is 0 Å². The van der Waals surface area contributed by atoms with Crippen LogP contribution in [-0.2, 0) is 4.74 Å². The first-order valence-corrected chi connectivity index (χ1v) is 8.79. The lowest BCUT2D eigenvalue weighted by atomic mass is 9.72. The average molecular weight is 368 g/mol. The number of fused-ring (bicyclic) bond motifs is 1. The molecule has 0 spiro atoms. The standard InChI is InChI=1S/C18H23F3N4O/c1-4-25(7-8-26-3)17-23-15(12-9-13(10-12)18(19,20)21)14-6-5-11(2)22-16(14)24-17/h5-6,12-13H,4,7-10H2,1-3H3. The van der Waals surface area contributed by atoms with Crippen molar-refractivity contribution >= 4 is 17.0 Å². The zero-order chi connectivity index (χ0) is 18.9. The molecule has 0 atom stereocenters. The Kier molecular flexibility index (Phi) is 5.32. The molecule has 2 aromatic rings. The molecule has 142 valence electrons. The van der Waals surface area contributed by atoms with Crippen LogP contribution in [0.25, 0.3) is 11.0 Å². The number of aromatic nitrogens is 3. The Balaban J connectivity index is 1.98. The predicted octanol–water partition coefficient (Wildman–Crippen LogP) is 3.86. The van der Waals surface area contributed by atoms with Crippen molar-refractivity contribution in [1.29, 1.82) is 0 Å². The highest BCUT2D eigenvalue weighted by Gasteiger charge is 2.49. The first-order chi connectivity index (χ1) is 12.3. The van der Waals surface area contributed by atoms with Crippen LogP contribution < -0.4 is 4.90 Å². The fraction of sp³-hybridized carbons (Fsp3) is 0.611. The minimum atomic E-state index is -4.13. The summed E-state index contributed by atoms with van der Waals surface area (Å²) in [5.74, 6) is -0.952. The Morgan fingerprint density at radius 3 is 2.54 bits per heavy atom. The van der Waals surface area contributed by atoms with Gasteiger partial charge in [-0.15, -0.1) is 0 Å². The summed E-state index contributed by atoms with van der Waals surface area (Å²) in [6.45, 7) is 5.66. The third kappa shape index (κ3) is 3.75. The second-order valence-corrected chi connectivity index (χ2v) is 6.71. The van der Waals surface area contributed by atoms with Gasteiger partial charge in [0.15, 0.2) is 5.65 Å². The van der Waals surface area contributed by atoms with Crippen molar-refractivity contribution in [2.24, 2.45) is 5.92 Å². The van der Waals surface area contributed by atoms with Crippen LogP contribution in [-0.4, -0.2) is 47.9 Å². The van der Waals surface area contributed by atoms with Crippen molar-refractivity contribution in [2.45, 2.75) is 38.8 Å². The topological polar surface area (TPSA) is 51.1 Å². The van der Waals surface area contributed by atoms with Gasteiger partial charge in [-0.05, 0) is 38.8 Å². The number of ether oxygens (including phenoxy) is 1. The monoisotopic (exact) mass is 368 g/mol. The van der Waals surface area contributed by atoms with Crippen LogP contribution in [0.4, 0.5) is 19.1 Å². The van der Waals surface area contributed by atoms with Gasteiger partial charge in [-0.25, -0.2) is 9.97 Å². The number of hydrogen-bond acceptors (Lipinski definition) is 5. The van der Waals surface area contributed by atoms with Gasteiger partial charge in [0, 0.05) is 37.2 Å². The normalized spacial score (nSPS) is 20.2. The van der Waals surface area contributed by atoms with Crippen LogP contribution in [0, 0.1) is 12.8 Å². The number of halogens is 3. The van der Waals surface area contributed by atoms with Crippen LogP contribution in [0.5, 0.6) is 0 Å². The van der Waals surface area contributed by atoms with E-state index in [9.17, 15) is 13.2 Å². The summed E-state index contributed by atoms with van der Waals surface area (Å²) in [7, 11) is 1.62. The minimum Gasteiger partial charge on any atom is -0.383 e. The lowest BCUT2D eigenvalue weighted by Gasteiger charge is -2.36. The molecule has 0 aliphatic heterocycles. The van der Waals surface area contributed by atoms with Gasteiger partial charge in [-0.3, -0.25) is 0 Å². The molecule has 8 heteroatoms. The van der Waals surface area contributed by atoms with Gasteiger partial charge in [0.2, 0.25) is 5.95 Å². The number of pyridine rings is 1. The van der Waals surface area contributed by atoms with Crippen LogP contribution in [0.15, 0.2) is 12.1 Å². The molecule has 0 aromatic carbocycles. The van der Waals surface area contributed by atoms with Crippen molar-refractivity contribution < 1.29 is 17.9 Å². The van der Waals surface area contributed by atoms with E-state index in [0.29, 0.717) is 37.0 Å². The van der Waals surface area contributed by atoms with E-state index in [1.54, 1.807) is 7.11 Å². The third-order valence-electron chi connectivity index (χ3n) is 4.93. The van der Waals surface area contributed by atoms with Crippen molar-refractivity contribution in [3.63, 3.8) is 0 Å². The fourth-order valence-corrected chi connectivity index (χ4v) is 3.28. The summed E-state index contributed by atoms with van der Waals surface area (Å²) in [5.41, 5.74) is 2.03. The first kappa shape index (κ1) is 18.8. The Morgan fingerprint density at radius 1 is 1.19 bits per heavy atom. The van der Waals surface area contributed by atoms with Crippen molar-refractivity contribution in [3.05, 3.63) is 23.5 Å². The zero-order valence-corrected chi connectivity index (χ0v) is 15.2. The molecule has 1 aliphatic rings. The Labute approximate surface area is 150 Å². The van der Waals surface area contributed by atoms with Crippen LogP contribution in [0.2, 0.25) is 0 Å². The van der Waals surface area contributed by atoms with Gasteiger partial charge in [0.05, 0.1) is 18.2 Å². The molecule has 1 aliphatic carbocycles. The molecule has 1 saturated carbocycles. The van der Waals surface area contributed by atoms with Gasteiger partial charge in [-0.2, -0.15) is 18.2 Å². The molecule has 0 N–H and O–H groups in total. The summed E-state index contributed by atoms with van der Waals surface area (Å²) in [4.78, 5) is 15.6. The SMILES string of the molecule is CCN(CCOC)c1nc(C2CC(C(F)(F)F)C2)c2ccc(C)nc2n1. The average Bonchev–Trinajstić information content (AvgIpc) is 2.52. The van der Waals surface area contributed by atoms with Gasteiger partial charge in [-0.1, -0.05) is 0 Å². The third-order valence-corrected chi connectivity index (χ3v) is 4.93. The lowest BCUT2D eigenvalue weighted by molar-refractivity contribution is -0.197. The van der Waals surface area contributed by atoms with Crippen molar-refractivity contribution in [1.82, 2.24) is 15.0 Å². The molecule has 5 nitrogen and oxygen atoms in total. The highest BCUT2D eigenvalue weighted by Crippen LogP contribution is 2.50. The molecule has 1 fully saturated rings. The summed E-state index contributed by atoms with van der Waals surface area (Å²) in [6, 6.07) is 3.71. The smallest absolute Gasteiger partial charge is 0.383 e. The first-order valence-electron chi connectivity index (χ1n) is 8.79. The molecule has 0 amide bonds. The summed E-state index contributed by atoms with van der Waals surface area (Å²) >= 11 is 0. The van der Waals surface area contributed by atoms with Gasteiger partial charge >= 0.3 is 6.18 Å². The van der Waals surface area contributed by atoms with Gasteiger partial charge in [0.25, 0.3) is 0 Å². The minimum absolute atomic E-state index is 0.0765. The molecular weight excluding hydrogens is 345 g/mol. The molecular formula is C18H23F3N4O. The molecule has 26 heavy (non-hydrogen) atoms. The lowest BCUT2D eigenvalue weighted by Crippen LogP contribution is -2.35. The number of nitrogens with zero attached hydrogens (tertiary/aromatic N) is 4. The van der Waals surface area contributed by atoms with Crippen LogP contribution in [0.1, 0.15) is 37.1 Å². The fourth-order valence-electron chi connectivity index (χ4n) is 3.28. The van der Waals surface area contributed by atoms with E-state index in [1.807, 2.05) is 30.9 Å². The maximum Gasteiger partial charge on any atom is 0.391 e. The Morgan fingerprint density at radius 2 is 1.92 bits per heavy atom. The molecule has 3 rings (SSSR count). The maximum absolute atomic E-state index is 12.9. The van der Waals surface area contributed by atoms with E-state index in [2.05, 4.69) is 15.0 Å². The van der Waals surface area contributed by atoms with E-state index < -0.39 is 12.1 Å². The number of aryl methyl sites for hydroxylation is 1. The maximum atomic E-state index is 12.9. The van der Waals surface area contributed by atoms with E-state index in [-0.39, 0.29) is 18.8 Å². The van der Waals surface area contributed by atoms with Gasteiger partial charge in [0.1, 0.15) is 0 Å². The summed E-state index contributed by atoms with van der Waals surface area (Å²) < 4.78 is 43.8. The number of rotatable bonds is 6. The molecule has 0 radical (unpaired) electrons. The number of likely N-dealkylation sites (N-methyl/N-ethyl adjacent to an activating group) is 1. The Hall–Kier alpha value is -1.96. The quantitative estimate of drug-likeness (QED) is 0.775. The second-order valence-electron chi connectivity index (χ2n) is 6.71. The highest BCUT2D eigenvalue weighted by molar-refractivity contribution is 5.79. The van der Waals surface area contributed by atoms with Crippen molar-refractivity contribution in [2.75, 3.05) is 31.7 Å². The second kappa shape index (κ2) is 7.34. The number of methoxy groups -OCH3 is 1. The molecule has 2 heterocycles. The summed E-state index contributed by atoms with van der Waals surface area (Å²) in [6.07, 6.45) is -3.98.